The van der Waals surface area contributed by atoms with Gasteiger partial charge in [0.1, 0.15) is 5.82 Å². The smallest absolute Gasteiger partial charge is 0.323 e. The van der Waals surface area contributed by atoms with Crippen molar-refractivity contribution in [2.75, 3.05) is 24.5 Å². The predicted octanol–water partition coefficient (Wildman–Crippen LogP) is 3.43. The Kier molecular flexibility index (Phi) is 4.64. The molecule has 2 amide bonds. The van der Waals surface area contributed by atoms with Crippen molar-refractivity contribution in [1.82, 2.24) is 15.2 Å². The Balaban J connectivity index is 1.59. The number of hydrogen-bond donors (Lipinski definition) is 1. The number of aryl methyl sites for hydroxylation is 2. The van der Waals surface area contributed by atoms with Crippen LogP contribution in [-0.2, 0) is 13.0 Å². The second-order valence-electron chi connectivity index (χ2n) is 7.22. The summed E-state index contributed by atoms with van der Waals surface area (Å²) in [5.41, 5.74) is 4.65. The Hall–Kier alpha value is -2.40. The van der Waals surface area contributed by atoms with Gasteiger partial charge >= 0.3 is 6.03 Å². The van der Waals surface area contributed by atoms with Crippen molar-refractivity contribution < 1.29 is 4.79 Å². The van der Waals surface area contributed by atoms with Crippen LogP contribution in [0, 0.1) is 6.92 Å². The number of hydrogen-bond acceptors (Lipinski definition) is 3. The van der Waals surface area contributed by atoms with E-state index >= 15 is 0 Å². The fourth-order valence-electron chi connectivity index (χ4n) is 4.00. The molecule has 1 aromatic carbocycles. The molecule has 0 bridgehead atoms. The van der Waals surface area contributed by atoms with Gasteiger partial charge in [-0.05, 0) is 49.1 Å². The molecule has 26 heavy (non-hydrogen) atoms. The van der Waals surface area contributed by atoms with Crippen molar-refractivity contribution in [3.05, 3.63) is 58.8 Å². The largest absolute Gasteiger partial charge is 0.330 e. The molecule has 3 heterocycles. The van der Waals surface area contributed by atoms with Gasteiger partial charge in [-0.1, -0.05) is 37.3 Å². The molecular weight excluding hydrogens is 324 g/mol. The van der Waals surface area contributed by atoms with E-state index in [0.717, 1.165) is 56.1 Å². The number of benzene rings is 1. The lowest BCUT2D eigenvalue weighted by atomic mass is 9.95. The number of aromatic nitrogens is 1. The highest BCUT2D eigenvalue weighted by atomic mass is 16.2. The lowest BCUT2D eigenvalue weighted by Crippen LogP contribution is -2.48. The first-order valence-corrected chi connectivity index (χ1v) is 9.50. The second-order valence-corrected chi connectivity index (χ2v) is 7.22. The molecule has 0 radical (unpaired) electrons. The van der Waals surface area contributed by atoms with Gasteiger partial charge < -0.3 is 5.32 Å². The van der Waals surface area contributed by atoms with Crippen molar-refractivity contribution in [3.63, 3.8) is 0 Å². The van der Waals surface area contributed by atoms with Crippen LogP contribution in [0.2, 0.25) is 0 Å². The van der Waals surface area contributed by atoms with Gasteiger partial charge in [-0.15, -0.1) is 0 Å². The molecule has 2 aromatic rings. The van der Waals surface area contributed by atoms with E-state index in [1.165, 1.54) is 11.1 Å². The summed E-state index contributed by atoms with van der Waals surface area (Å²) in [6.07, 6.45) is 1.97. The maximum absolute atomic E-state index is 13.1. The zero-order chi connectivity index (χ0) is 18.1. The van der Waals surface area contributed by atoms with Gasteiger partial charge in [-0.2, -0.15) is 0 Å². The highest BCUT2D eigenvalue weighted by Gasteiger charge is 2.29. The van der Waals surface area contributed by atoms with E-state index in [4.69, 9.17) is 0 Å². The van der Waals surface area contributed by atoms with E-state index in [0.29, 0.717) is 0 Å². The third-order valence-corrected chi connectivity index (χ3v) is 5.43. The minimum absolute atomic E-state index is 0.0163. The van der Waals surface area contributed by atoms with E-state index in [2.05, 4.69) is 52.5 Å². The van der Waals surface area contributed by atoms with Crippen LogP contribution in [0.15, 0.2) is 36.4 Å². The van der Waals surface area contributed by atoms with Crippen molar-refractivity contribution >= 4 is 11.8 Å². The molecule has 0 aliphatic carbocycles. The summed E-state index contributed by atoms with van der Waals surface area (Å²) >= 11 is 0. The van der Waals surface area contributed by atoms with Crippen LogP contribution in [-0.4, -0.2) is 35.5 Å². The molecule has 5 nitrogen and oxygen atoms in total. The fourth-order valence-corrected chi connectivity index (χ4v) is 4.00. The number of nitrogens with zero attached hydrogens (tertiary/aromatic N) is 3. The minimum atomic E-state index is -0.0400. The van der Waals surface area contributed by atoms with Gasteiger partial charge in [0.15, 0.2) is 0 Å². The molecule has 5 heteroatoms. The van der Waals surface area contributed by atoms with Crippen LogP contribution in [0.25, 0.3) is 0 Å². The maximum atomic E-state index is 13.1. The van der Waals surface area contributed by atoms with Gasteiger partial charge in [-0.3, -0.25) is 9.80 Å². The molecule has 0 spiro atoms. The van der Waals surface area contributed by atoms with Crippen molar-refractivity contribution in [1.29, 1.82) is 0 Å². The SMILES string of the molecule is CCN1Cc2ccccc2C(NC(=O)N2CCCc3ccc(C)nc32)C1. The zero-order valence-electron chi connectivity index (χ0n) is 15.5. The van der Waals surface area contributed by atoms with Crippen LogP contribution >= 0.6 is 0 Å². The van der Waals surface area contributed by atoms with Gasteiger partial charge in [0.05, 0.1) is 6.04 Å². The summed E-state index contributed by atoms with van der Waals surface area (Å²) in [6.45, 7) is 7.64. The summed E-state index contributed by atoms with van der Waals surface area (Å²) in [6, 6.07) is 12.5. The molecule has 0 saturated carbocycles. The number of amides is 2. The monoisotopic (exact) mass is 350 g/mol. The second kappa shape index (κ2) is 7.08. The van der Waals surface area contributed by atoms with E-state index in [1.54, 1.807) is 0 Å². The van der Waals surface area contributed by atoms with Gasteiger partial charge in [0.2, 0.25) is 0 Å². The van der Waals surface area contributed by atoms with E-state index in [-0.39, 0.29) is 12.1 Å². The molecule has 4 rings (SSSR count). The number of urea groups is 1. The molecule has 1 atom stereocenters. The number of pyridine rings is 1. The number of carbonyl (C=O) groups is 1. The average molecular weight is 350 g/mol. The van der Waals surface area contributed by atoms with Crippen molar-refractivity contribution in [2.45, 2.75) is 39.3 Å². The quantitative estimate of drug-likeness (QED) is 0.903. The number of rotatable bonds is 2. The van der Waals surface area contributed by atoms with Crippen LogP contribution in [0.5, 0.6) is 0 Å². The van der Waals surface area contributed by atoms with Gasteiger partial charge in [-0.25, -0.2) is 9.78 Å². The van der Waals surface area contributed by atoms with Crippen LogP contribution in [0.1, 0.15) is 41.8 Å². The van der Waals surface area contributed by atoms with Gasteiger partial charge in [0, 0.05) is 25.3 Å². The van der Waals surface area contributed by atoms with Gasteiger partial charge in [0.25, 0.3) is 0 Å². The lowest BCUT2D eigenvalue weighted by molar-refractivity contribution is 0.213. The zero-order valence-corrected chi connectivity index (χ0v) is 15.5. The summed E-state index contributed by atoms with van der Waals surface area (Å²) in [7, 11) is 0. The number of fused-ring (bicyclic) bond motifs is 2. The Labute approximate surface area is 155 Å². The number of anilines is 1. The molecule has 136 valence electrons. The Morgan fingerprint density at radius 2 is 2.08 bits per heavy atom. The Morgan fingerprint density at radius 1 is 1.23 bits per heavy atom. The van der Waals surface area contributed by atoms with E-state index in [1.807, 2.05) is 17.9 Å². The topological polar surface area (TPSA) is 48.5 Å². The third-order valence-electron chi connectivity index (χ3n) is 5.43. The first-order chi connectivity index (χ1) is 12.7. The predicted molar refractivity (Wildman–Crippen MR) is 103 cm³/mol. The minimum Gasteiger partial charge on any atom is -0.330 e. The summed E-state index contributed by atoms with van der Waals surface area (Å²) in [5, 5.41) is 3.27. The molecular formula is C21H26N4O. The van der Waals surface area contributed by atoms with Crippen LogP contribution < -0.4 is 10.2 Å². The summed E-state index contributed by atoms with van der Waals surface area (Å²) in [5.74, 6) is 0.824. The molecule has 0 saturated heterocycles. The molecule has 0 fully saturated rings. The lowest BCUT2D eigenvalue weighted by Gasteiger charge is -2.36. The summed E-state index contributed by atoms with van der Waals surface area (Å²) < 4.78 is 0. The van der Waals surface area contributed by atoms with Crippen molar-refractivity contribution in [3.8, 4) is 0 Å². The first-order valence-electron chi connectivity index (χ1n) is 9.50. The first kappa shape index (κ1) is 17.0. The molecule has 2 aliphatic rings. The average Bonchev–Trinajstić information content (AvgIpc) is 2.67. The van der Waals surface area contributed by atoms with Crippen LogP contribution in [0.4, 0.5) is 10.6 Å². The number of carbonyl (C=O) groups excluding carboxylic acids is 1. The Bertz CT molecular complexity index is 819. The Morgan fingerprint density at radius 3 is 2.92 bits per heavy atom. The van der Waals surface area contributed by atoms with E-state index < -0.39 is 0 Å². The number of likely N-dealkylation sites (N-methyl/N-ethyl adjacent to an activating group) is 1. The maximum Gasteiger partial charge on any atom is 0.323 e. The molecule has 2 aliphatic heterocycles. The fraction of sp³-hybridized carbons (Fsp3) is 0.429. The molecule has 1 aromatic heterocycles. The normalized spacial score (nSPS) is 19.6. The third kappa shape index (κ3) is 3.19. The standard InChI is InChI=1S/C21H26N4O/c1-3-24-13-17-7-4-5-9-18(17)19(14-24)23-21(26)25-12-6-8-16-11-10-15(2)22-20(16)25/h4-5,7,9-11,19H,3,6,8,12-14H2,1-2H3,(H,23,26). The van der Waals surface area contributed by atoms with E-state index in [9.17, 15) is 4.79 Å². The molecule has 1 unspecified atom stereocenters. The number of nitrogens with one attached hydrogen (secondary N) is 1. The molecule has 1 N–H and O–H groups in total. The highest BCUT2D eigenvalue weighted by molar-refractivity contribution is 5.92. The van der Waals surface area contributed by atoms with Crippen molar-refractivity contribution in [2.24, 2.45) is 0 Å². The van der Waals surface area contributed by atoms with Crippen LogP contribution in [0.3, 0.4) is 0 Å². The highest BCUT2D eigenvalue weighted by Crippen LogP contribution is 2.29. The summed E-state index contributed by atoms with van der Waals surface area (Å²) in [4.78, 5) is 21.9.